The minimum atomic E-state index is 0.600. The maximum absolute atomic E-state index is 5.76. The molecule has 110 valence electrons. The number of benzene rings is 1. The molecule has 0 aromatic heterocycles. The summed E-state index contributed by atoms with van der Waals surface area (Å²) in [6.45, 7) is 4.64. The van der Waals surface area contributed by atoms with Crippen molar-refractivity contribution >= 4 is 15.9 Å². The molecule has 2 heterocycles. The van der Waals surface area contributed by atoms with Crippen molar-refractivity contribution < 1.29 is 9.47 Å². The van der Waals surface area contributed by atoms with Crippen LogP contribution in [-0.2, 0) is 12.8 Å². The van der Waals surface area contributed by atoms with E-state index in [1.807, 2.05) is 0 Å². The lowest BCUT2D eigenvalue weighted by Gasteiger charge is -2.27. The first-order valence-electron chi connectivity index (χ1n) is 7.62. The highest BCUT2D eigenvalue weighted by molar-refractivity contribution is 9.10. The molecule has 4 heteroatoms. The van der Waals surface area contributed by atoms with Crippen LogP contribution in [0.25, 0.3) is 0 Å². The molecule has 0 spiro atoms. The van der Waals surface area contributed by atoms with E-state index >= 15 is 0 Å². The molecule has 2 aliphatic rings. The van der Waals surface area contributed by atoms with Crippen LogP contribution in [0.15, 0.2) is 10.5 Å². The van der Waals surface area contributed by atoms with Gasteiger partial charge in [0.2, 0.25) is 0 Å². The van der Waals surface area contributed by atoms with Crippen LogP contribution in [0.4, 0.5) is 0 Å². The van der Waals surface area contributed by atoms with E-state index in [1.165, 1.54) is 30.4 Å². The zero-order valence-corrected chi connectivity index (χ0v) is 13.6. The van der Waals surface area contributed by atoms with Crippen LogP contribution >= 0.6 is 15.9 Å². The van der Waals surface area contributed by atoms with Crippen LogP contribution in [0.3, 0.4) is 0 Å². The van der Waals surface area contributed by atoms with Gasteiger partial charge >= 0.3 is 0 Å². The van der Waals surface area contributed by atoms with E-state index in [9.17, 15) is 0 Å². The molecule has 2 aliphatic heterocycles. The van der Waals surface area contributed by atoms with E-state index in [-0.39, 0.29) is 0 Å². The summed E-state index contributed by atoms with van der Waals surface area (Å²) in [7, 11) is 0. The highest BCUT2D eigenvalue weighted by Gasteiger charge is 2.22. The lowest BCUT2D eigenvalue weighted by atomic mass is 9.93. The summed E-state index contributed by atoms with van der Waals surface area (Å²) >= 11 is 3.72. The molecule has 1 aromatic carbocycles. The lowest BCUT2D eigenvalue weighted by Crippen LogP contribution is -2.35. The van der Waals surface area contributed by atoms with Crippen LogP contribution in [0.2, 0.25) is 0 Å². The van der Waals surface area contributed by atoms with E-state index in [2.05, 4.69) is 34.2 Å². The van der Waals surface area contributed by atoms with E-state index in [1.54, 1.807) is 0 Å². The normalized spacial score (nSPS) is 21.8. The van der Waals surface area contributed by atoms with Gasteiger partial charge in [-0.25, -0.2) is 0 Å². The fourth-order valence-corrected chi connectivity index (χ4v) is 4.01. The molecule has 1 unspecified atom stereocenters. The first-order valence-corrected chi connectivity index (χ1v) is 8.42. The van der Waals surface area contributed by atoms with Gasteiger partial charge in [0.05, 0.1) is 4.47 Å². The summed E-state index contributed by atoms with van der Waals surface area (Å²) in [6, 6.07) is 2.79. The Morgan fingerprint density at radius 1 is 1.30 bits per heavy atom. The molecule has 0 radical (unpaired) electrons. The van der Waals surface area contributed by atoms with Crippen molar-refractivity contribution in [3.63, 3.8) is 0 Å². The molecule has 0 aliphatic carbocycles. The Hall–Kier alpha value is -0.740. The molecular weight excluding hydrogens is 318 g/mol. The summed E-state index contributed by atoms with van der Waals surface area (Å²) in [5.74, 6) is 1.78. The number of hydrogen-bond donors (Lipinski definition) is 1. The number of fused-ring (bicyclic) bond motifs is 1. The Morgan fingerprint density at radius 2 is 2.15 bits per heavy atom. The van der Waals surface area contributed by atoms with Gasteiger partial charge in [-0.3, -0.25) is 0 Å². The number of hydrogen-bond acceptors (Lipinski definition) is 3. The van der Waals surface area contributed by atoms with Crippen LogP contribution in [0, 0.1) is 0 Å². The second-order valence-corrected chi connectivity index (χ2v) is 6.35. The first kappa shape index (κ1) is 14.2. The van der Waals surface area contributed by atoms with Gasteiger partial charge in [0, 0.05) is 6.04 Å². The zero-order valence-electron chi connectivity index (χ0n) is 12.0. The average Bonchev–Trinajstić information content (AvgIpc) is 2.49. The Morgan fingerprint density at radius 3 is 2.90 bits per heavy atom. The van der Waals surface area contributed by atoms with E-state index in [4.69, 9.17) is 9.47 Å². The van der Waals surface area contributed by atoms with Crippen LogP contribution in [-0.4, -0.2) is 25.8 Å². The van der Waals surface area contributed by atoms with Crippen LogP contribution in [0.5, 0.6) is 11.5 Å². The van der Waals surface area contributed by atoms with E-state index in [0.717, 1.165) is 35.4 Å². The molecule has 3 rings (SSSR count). The lowest BCUT2D eigenvalue weighted by molar-refractivity contribution is 0.170. The summed E-state index contributed by atoms with van der Waals surface area (Å²) in [5, 5.41) is 3.63. The molecule has 1 fully saturated rings. The summed E-state index contributed by atoms with van der Waals surface area (Å²) < 4.78 is 12.6. The third-order valence-corrected chi connectivity index (χ3v) is 5.04. The van der Waals surface area contributed by atoms with Crippen molar-refractivity contribution in [3.05, 3.63) is 21.7 Å². The monoisotopic (exact) mass is 339 g/mol. The van der Waals surface area contributed by atoms with E-state index < -0.39 is 0 Å². The van der Waals surface area contributed by atoms with Gasteiger partial charge in [0.15, 0.2) is 11.5 Å². The Labute approximate surface area is 129 Å². The molecule has 0 bridgehead atoms. The Kier molecular flexibility index (Phi) is 4.51. The molecule has 1 saturated heterocycles. The van der Waals surface area contributed by atoms with Crippen molar-refractivity contribution in [2.24, 2.45) is 0 Å². The quantitative estimate of drug-likeness (QED) is 0.914. The smallest absolute Gasteiger partial charge is 0.175 e. The second-order valence-electron chi connectivity index (χ2n) is 5.56. The van der Waals surface area contributed by atoms with Crippen LogP contribution in [0.1, 0.15) is 37.3 Å². The highest BCUT2D eigenvalue weighted by Crippen LogP contribution is 2.42. The average molecular weight is 340 g/mol. The van der Waals surface area contributed by atoms with Gasteiger partial charge in [-0.1, -0.05) is 13.3 Å². The number of ether oxygens (including phenoxy) is 2. The Bertz CT molecular complexity index is 484. The molecule has 0 amide bonds. The fraction of sp³-hybridized carbons (Fsp3) is 0.625. The molecule has 1 aromatic rings. The van der Waals surface area contributed by atoms with Gasteiger partial charge in [-0.15, -0.1) is 0 Å². The highest BCUT2D eigenvalue weighted by atomic mass is 79.9. The predicted octanol–water partition coefficient (Wildman–Crippen LogP) is 3.47. The third-order valence-electron chi connectivity index (χ3n) is 4.20. The van der Waals surface area contributed by atoms with Gasteiger partial charge in [0.1, 0.15) is 13.2 Å². The number of halogens is 1. The molecule has 20 heavy (non-hydrogen) atoms. The van der Waals surface area contributed by atoms with Crippen molar-refractivity contribution in [3.8, 4) is 11.5 Å². The SMILES string of the molecule is CCc1c(CC2CCCCN2)cc2c(c1Br)OCCO2. The minimum Gasteiger partial charge on any atom is -0.486 e. The standard InChI is InChI=1S/C16H22BrNO2/c1-2-13-11(9-12-5-3-4-6-18-12)10-14-16(15(13)17)20-8-7-19-14/h10,12,18H,2-9H2,1H3. The summed E-state index contributed by atoms with van der Waals surface area (Å²) in [4.78, 5) is 0. The summed E-state index contributed by atoms with van der Waals surface area (Å²) in [5.41, 5.74) is 2.75. The third kappa shape index (κ3) is 2.82. The molecule has 0 saturated carbocycles. The van der Waals surface area contributed by atoms with Crippen molar-refractivity contribution in [1.29, 1.82) is 0 Å². The van der Waals surface area contributed by atoms with Crippen molar-refractivity contribution in [2.75, 3.05) is 19.8 Å². The minimum absolute atomic E-state index is 0.600. The van der Waals surface area contributed by atoms with Gasteiger partial charge in [-0.05, 0) is 65.4 Å². The number of nitrogens with one attached hydrogen (secondary N) is 1. The van der Waals surface area contributed by atoms with E-state index in [0.29, 0.717) is 19.3 Å². The Balaban J connectivity index is 1.90. The molecule has 3 nitrogen and oxygen atoms in total. The number of piperidine rings is 1. The largest absolute Gasteiger partial charge is 0.486 e. The van der Waals surface area contributed by atoms with Crippen molar-refractivity contribution in [2.45, 2.75) is 45.1 Å². The first-order chi connectivity index (χ1) is 9.79. The molecular formula is C16H22BrNO2. The fourth-order valence-electron chi connectivity index (χ4n) is 3.16. The topological polar surface area (TPSA) is 30.5 Å². The maximum atomic E-state index is 5.76. The zero-order chi connectivity index (χ0) is 13.9. The van der Waals surface area contributed by atoms with Gasteiger partial charge in [-0.2, -0.15) is 0 Å². The van der Waals surface area contributed by atoms with Crippen molar-refractivity contribution in [1.82, 2.24) is 5.32 Å². The predicted molar refractivity (Wildman–Crippen MR) is 83.9 cm³/mol. The van der Waals surface area contributed by atoms with Gasteiger partial charge in [0.25, 0.3) is 0 Å². The molecule has 1 N–H and O–H groups in total. The maximum Gasteiger partial charge on any atom is 0.175 e. The second kappa shape index (κ2) is 6.35. The van der Waals surface area contributed by atoms with Crippen LogP contribution < -0.4 is 14.8 Å². The summed E-state index contributed by atoms with van der Waals surface area (Å²) in [6.07, 6.45) is 6.01. The van der Waals surface area contributed by atoms with Gasteiger partial charge < -0.3 is 14.8 Å². The number of rotatable bonds is 3. The molecule has 1 atom stereocenters.